The van der Waals surface area contributed by atoms with Crippen molar-refractivity contribution in [2.75, 3.05) is 13.6 Å². The highest BCUT2D eigenvalue weighted by atomic mass is 16.3. The van der Waals surface area contributed by atoms with Crippen LogP contribution in [-0.2, 0) is 13.5 Å². The SMILES string of the molecule is CNCCC(C)(O)Cc1nccn1C. The second-order valence-corrected chi connectivity index (χ2v) is 3.98. The van der Waals surface area contributed by atoms with Gasteiger partial charge in [-0.05, 0) is 26.9 Å². The average molecular weight is 197 g/mol. The van der Waals surface area contributed by atoms with Crippen LogP contribution in [0.15, 0.2) is 12.4 Å². The Kier molecular flexibility index (Phi) is 3.66. The van der Waals surface area contributed by atoms with Gasteiger partial charge in [0.15, 0.2) is 0 Å². The summed E-state index contributed by atoms with van der Waals surface area (Å²) in [5.74, 6) is 0.922. The molecule has 0 aliphatic heterocycles. The van der Waals surface area contributed by atoms with Gasteiger partial charge in [-0.2, -0.15) is 0 Å². The number of hydrogen-bond acceptors (Lipinski definition) is 3. The molecule has 1 rings (SSSR count). The number of aliphatic hydroxyl groups is 1. The van der Waals surface area contributed by atoms with E-state index in [1.54, 1.807) is 6.20 Å². The van der Waals surface area contributed by atoms with Crippen molar-refractivity contribution in [3.8, 4) is 0 Å². The van der Waals surface area contributed by atoms with Gasteiger partial charge in [-0.3, -0.25) is 0 Å². The molecule has 0 aliphatic carbocycles. The number of rotatable bonds is 5. The van der Waals surface area contributed by atoms with Crippen molar-refractivity contribution >= 4 is 0 Å². The van der Waals surface area contributed by atoms with E-state index in [4.69, 9.17) is 0 Å². The molecule has 4 heteroatoms. The quantitative estimate of drug-likeness (QED) is 0.715. The van der Waals surface area contributed by atoms with Crippen LogP contribution in [0.5, 0.6) is 0 Å². The third-order valence-electron chi connectivity index (χ3n) is 2.37. The number of nitrogens with zero attached hydrogens (tertiary/aromatic N) is 2. The highest BCUT2D eigenvalue weighted by Gasteiger charge is 2.22. The average Bonchev–Trinajstić information content (AvgIpc) is 2.48. The Balaban J connectivity index is 2.54. The first kappa shape index (κ1) is 11.2. The molecule has 14 heavy (non-hydrogen) atoms. The van der Waals surface area contributed by atoms with Crippen molar-refractivity contribution in [2.45, 2.75) is 25.4 Å². The Morgan fingerprint density at radius 3 is 2.86 bits per heavy atom. The molecule has 1 aromatic heterocycles. The van der Waals surface area contributed by atoms with Crippen LogP contribution in [0.4, 0.5) is 0 Å². The molecule has 1 unspecified atom stereocenters. The first-order valence-corrected chi connectivity index (χ1v) is 4.88. The Labute approximate surface area is 85.0 Å². The lowest BCUT2D eigenvalue weighted by atomic mass is 9.98. The molecule has 80 valence electrons. The van der Waals surface area contributed by atoms with Crippen LogP contribution in [0.3, 0.4) is 0 Å². The molecular formula is C10H19N3O. The molecule has 0 bridgehead atoms. The summed E-state index contributed by atoms with van der Waals surface area (Å²) < 4.78 is 1.94. The number of imidazole rings is 1. The maximum Gasteiger partial charge on any atom is 0.111 e. The molecule has 0 aromatic carbocycles. The summed E-state index contributed by atoms with van der Waals surface area (Å²) in [6, 6.07) is 0. The lowest BCUT2D eigenvalue weighted by molar-refractivity contribution is 0.0494. The highest BCUT2D eigenvalue weighted by molar-refractivity contribution is 4.96. The fourth-order valence-electron chi connectivity index (χ4n) is 1.39. The van der Waals surface area contributed by atoms with Gasteiger partial charge < -0.3 is 15.0 Å². The van der Waals surface area contributed by atoms with Gasteiger partial charge in [0.25, 0.3) is 0 Å². The third kappa shape index (κ3) is 3.12. The van der Waals surface area contributed by atoms with Crippen LogP contribution in [0, 0.1) is 0 Å². The molecule has 0 fully saturated rings. The molecule has 1 atom stereocenters. The molecule has 1 aromatic rings. The topological polar surface area (TPSA) is 50.1 Å². The number of hydrogen-bond donors (Lipinski definition) is 2. The fraction of sp³-hybridized carbons (Fsp3) is 0.700. The van der Waals surface area contributed by atoms with Crippen LogP contribution in [-0.4, -0.2) is 33.9 Å². The zero-order valence-electron chi connectivity index (χ0n) is 9.12. The van der Waals surface area contributed by atoms with E-state index in [2.05, 4.69) is 10.3 Å². The van der Waals surface area contributed by atoms with Gasteiger partial charge in [0, 0.05) is 25.9 Å². The summed E-state index contributed by atoms with van der Waals surface area (Å²) in [6.07, 6.45) is 4.97. The maximum atomic E-state index is 10.0. The normalized spacial score (nSPS) is 15.4. The third-order valence-corrected chi connectivity index (χ3v) is 2.37. The lowest BCUT2D eigenvalue weighted by Crippen LogP contribution is -2.32. The van der Waals surface area contributed by atoms with Gasteiger partial charge in [0.2, 0.25) is 0 Å². The standard InChI is InChI=1S/C10H19N3O/c1-10(14,4-5-11-2)8-9-12-6-7-13(9)3/h6-7,11,14H,4-5,8H2,1-3H3. The Bertz CT molecular complexity index is 281. The molecule has 0 spiro atoms. The minimum atomic E-state index is -0.678. The molecule has 0 saturated heterocycles. The predicted molar refractivity (Wildman–Crippen MR) is 56.1 cm³/mol. The van der Waals surface area contributed by atoms with Crippen LogP contribution < -0.4 is 5.32 Å². The second-order valence-electron chi connectivity index (χ2n) is 3.98. The molecule has 0 aliphatic rings. The van der Waals surface area contributed by atoms with Crippen LogP contribution in [0.25, 0.3) is 0 Å². The lowest BCUT2D eigenvalue weighted by Gasteiger charge is -2.22. The molecular weight excluding hydrogens is 178 g/mol. The monoisotopic (exact) mass is 197 g/mol. The molecule has 0 radical (unpaired) electrons. The second kappa shape index (κ2) is 4.57. The molecule has 1 heterocycles. The van der Waals surface area contributed by atoms with E-state index in [-0.39, 0.29) is 0 Å². The Morgan fingerprint density at radius 2 is 2.36 bits per heavy atom. The predicted octanol–water partition coefficient (Wildman–Crippen LogP) is 0.323. The van der Waals surface area contributed by atoms with Crippen LogP contribution in [0.1, 0.15) is 19.2 Å². The minimum absolute atomic E-state index is 0.595. The largest absolute Gasteiger partial charge is 0.390 e. The zero-order valence-corrected chi connectivity index (χ0v) is 9.12. The van der Waals surface area contributed by atoms with Crippen molar-refractivity contribution in [1.82, 2.24) is 14.9 Å². The van der Waals surface area contributed by atoms with Crippen molar-refractivity contribution in [3.63, 3.8) is 0 Å². The zero-order chi connectivity index (χ0) is 10.6. The summed E-state index contributed by atoms with van der Waals surface area (Å²) in [5.41, 5.74) is -0.678. The Hall–Kier alpha value is -0.870. The molecule has 4 nitrogen and oxygen atoms in total. The van der Waals surface area contributed by atoms with E-state index in [1.165, 1.54) is 0 Å². The van der Waals surface area contributed by atoms with E-state index in [9.17, 15) is 5.11 Å². The number of aromatic nitrogens is 2. The van der Waals surface area contributed by atoms with Crippen molar-refractivity contribution < 1.29 is 5.11 Å². The van der Waals surface area contributed by atoms with Gasteiger partial charge in [0.05, 0.1) is 5.60 Å². The van der Waals surface area contributed by atoms with Gasteiger partial charge in [-0.25, -0.2) is 4.98 Å². The summed E-state index contributed by atoms with van der Waals surface area (Å²) in [7, 11) is 3.83. The Morgan fingerprint density at radius 1 is 1.64 bits per heavy atom. The number of aryl methyl sites for hydroxylation is 1. The van der Waals surface area contributed by atoms with Crippen LogP contribution >= 0.6 is 0 Å². The molecule has 0 amide bonds. The van der Waals surface area contributed by atoms with Gasteiger partial charge >= 0.3 is 0 Å². The fourth-order valence-corrected chi connectivity index (χ4v) is 1.39. The van der Waals surface area contributed by atoms with Crippen LogP contribution in [0.2, 0.25) is 0 Å². The van der Waals surface area contributed by atoms with E-state index in [0.29, 0.717) is 6.42 Å². The maximum absolute atomic E-state index is 10.0. The highest BCUT2D eigenvalue weighted by Crippen LogP contribution is 2.14. The van der Waals surface area contributed by atoms with Crippen molar-refractivity contribution in [2.24, 2.45) is 7.05 Å². The first-order valence-electron chi connectivity index (χ1n) is 4.88. The van der Waals surface area contributed by atoms with E-state index < -0.39 is 5.60 Å². The van der Waals surface area contributed by atoms with Crippen molar-refractivity contribution in [1.29, 1.82) is 0 Å². The summed E-state index contributed by atoms with van der Waals surface area (Å²) in [5, 5.41) is 13.1. The van der Waals surface area contributed by atoms with E-state index >= 15 is 0 Å². The van der Waals surface area contributed by atoms with E-state index in [1.807, 2.05) is 31.8 Å². The molecule has 2 N–H and O–H groups in total. The smallest absolute Gasteiger partial charge is 0.111 e. The van der Waals surface area contributed by atoms with Gasteiger partial charge in [0.1, 0.15) is 5.82 Å². The summed E-state index contributed by atoms with van der Waals surface area (Å²) in [4.78, 5) is 4.19. The molecule has 0 saturated carbocycles. The number of nitrogens with one attached hydrogen (secondary N) is 1. The minimum Gasteiger partial charge on any atom is -0.390 e. The van der Waals surface area contributed by atoms with Gasteiger partial charge in [-0.1, -0.05) is 0 Å². The van der Waals surface area contributed by atoms with Crippen molar-refractivity contribution in [3.05, 3.63) is 18.2 Å². The van der Waals surface area contributed by atoms with Gasteiger partial charge in [-0.15, -0.1) is 0 Å². The summed E-state index contributed by atoms with van der Waals surface area (Å²) in [6.45, 7) is 2.66. The summed E-state index contributed by atoms with van der Waals surface area (Å²) >= 11 is 0. The first-order chi connectivity index (χ1) is 6.55. The van der Waals surface area contributed by atoms with E-state index in [0.717, 1.165) is 18.8 Å².